The van der Waals surface area contributed by atoms with Crippen LogP contribution in [-0.2, 0) is 21.6 Å². The van der Waals surface area contributed by atoms with Crippen LogP contribution in [0.1, 0.15) is 57.2 Å². The molecule has 0 spiro atoms. The zero-order chi connectivity index (χ0) is 13.7. The smallest absolute Gasteiger partial charge is 0.303 e. The molecule has 2 rings (SSSR count). The molecule has 1 aliphatic rings. The number of nitrogens with zero attached hydrogens (tertiary/aromatic N) is 2. The van der Waals surface area contributed by atoms with Gasteiger partial charge in [-0.05, 0) is 19.8 Å². The summed E-state index contributed by atoms with van der Waals surface area (Å²) in [4.78, 5) is 14.9. The lowest BCUT2D eigenvalue weighted by Gasteiger charge is -2.33. The fourth-order valence-corrected chi connectivity index (χ4v) is 2.59. The van der Waals surface area contributed by atoms with Crippen LogP contribution in [0.25, 0.3) is 0 Å². The molecule has 0 radical (unpaired) electrons. The van der Waals surface area contributed by atoms with Crippen molar-refractivity contribution in [1.29, 1.82) is 0 Å². The number of ether oxygens (including phenoxy) is 1. The second-order valence-electron chi connectivity index (χ2n) is 4.89. The van der Waals surface area contributed by atoms with Crippen molar-refractivity contribution < 1.29 is 19.2 Å². The van der Waals surface area contributed by atoms with E-state index in [2.05, 4.69) is 10.1 Å². The van der Waals surface area contributed by atoms with Gasteiger partial charge in [-0.25, -0.2) is 0 Å². The van der Waals surface area contributed by atoms with Gasteiger partial charge in [-0.1, -0.05) is 24.4 Å². The van der Waals surface area contributed by atoms with Crippen LogP contribution >= 0.6 is 0 Å². The molecule has 1 fully saturated rings. The minimum Gasteiger partial charge on any atom is -0.481 e. The van der Waals surface area contributed by atoms with Crippen LogP contribution in [0.2, 0.25) is 0 Å². The first-order valence-corrected chi connectivity index (χ1v) is 6.85. The molecule has 1 aromatic heterocycles. The minimum atomic E-state index is -0.864. The van der Waals surface area contributed by atoms with Crippen molar-refractivity contribution in [2.45, 2.75) is 57.5 Å². The Bertz CT molecular complexity index is 419. The first-order valence-electron chi connectivity index (χ1n) is 6.85. The molecule has 0 saturated heterocycles. The number of hydrogen-bond donors (Lipinski definition) is 1. The van der Waals surface area contributed by atoms with Crippen LogP contribution in [0.3, 0.4) is 0 Å². The molecule has 1 heterocycles. The monoisotopic (exact) mass is 268 g/mol. The van der Waals surface area contributed by atoms with E-state index in [4.69, 9.17) is 14.4 Å². The van der Waals surface area contributed by atoms with Crippen molar-refractivity contribution in [2.24, 2.45) is 0 Å². The Kier molecular flexibility index (Phi) is 4.52. The number of aromatic nitrogens is 2. The summed E-state index contributed by atoms with van der Waals surface area (Å²) in [5.41, 5.74) is -0.433. The number of carboxylic acid groups (broad SMARTS) is 1. The van der Waals surface area contributed by atoms with Gasteiger partial charge in [-0.15, -0.1) is 0 Å². The number of carboxylic acids is 1. The molecule has 6 heteroatoms. The summed E-state index contributed by atoms with van der Waals surface area (Å²) in [7, 11) is 0. The lowest BCUT2D eigenvalue weighted by molar-refractivity contribution is -0.137. The molecule has 1 saturated carbocycles. The minimum absolute atomic E-state index is 0.00324. The molecule has 0 bridgehead atoms. The van der Waals surface area contributed by atoms with Gasteiger partial charge in [0.15, 0.2) is 0 Å². The summed E-state index contributed by atoms with van der Waals surface area (Å²) in [6, 6.07) is 0. The average molecular weight is 268 g/mol. The average Bonchev–Trinajstić information content (AvgIpc) is 2.87. The number of hydrogen-bond acceptors (Lipinski definition) is 5. The van der Waals surface area contributed by atoms with Crippen LogP contribution in [0.5, 0.6) is 0 Å². The van der Waals surface area contributed by atoms with Gasteiger partial charge in [0.1, 0.15) is 5.60 Å². The summed E-state index contributed by atoms with van der Waals surface area (Å²) in [6.07, 6.45) is 5.47. The fourth-order valence-electron chi connectivity index (χ4n) is 2.59. The van der Waals surface area contributed by atoms with Gasteiger partial charge in [0.05, 0.1) is 6.42 Å². The third-order valence-electron chi connectivity index (χ3n) is 3.51. The van der Waals surface area contributed by atoms with Crippen molar-refractivity contribution in [2.75, 3.05) is 6.61 Å². The fraction of sp³-hybridized carbons (Fsp3) is 0.769. The SMILES string of the molecule is CCOC1(c2noc(CCC(=O)O)n2)CCCCC1. The number of rotatable bonds is 6. The second-order valence-corrected chi connectivity index (χ2v) is 4.89. The van der Waals surface area contributed by atoms with Crippen LogP contribution in [0, 0.1) is 0 Å². The van der Waals surface area contributed by atoms with E-state index in [1.807, 2.05) is 6.92 Å². The summed E-state index contributed by atoms with van der Waals surface area (Å²) in [6.45, 7) is 2.57. The number of carbonyl (C=O) groups is 1. The Morgan fingerprint density at radius 2 is 2.16 bits per heavy atom. The van der Waals surface area contributed by atoms with Crippen molar-refractivity contribution in [3.63, 3.8) is 0 Å². The van der Waals surface area contributed by atoms with Gasteiger partial charge in [-0.2, -0.15) is 4.98 Å². The Morgan fingerprint density at radius 1 is 1.42 bits per heavy atom. The maximum absolute atomic E-state index is 10.5. The quantitative estimate of drug-likeness (QED) is 0.851. The van der Waals surface area contributed by atoms with Crippen LogP contribution in [0.15, 0.2) is 4.52 Å². The first kappa shape index (κ1) is 14.0. The maximum atomic E-state index is 10.5. The molecule has 6 nitrogen and oxygen atoms in total. The Labute approximate surface area is 112 Å². The topological polar surface area (TPSA) is 85.5 Å². The van der Waals surface area contributed by atoms with E-state index in [1.165, 1.54) is 6.42 Å². The summed E-state index contributed by atoms with van der Waals surface area (Å²) < 4.78 is 11.0. The van der Waals surface area contributed by atoms with Crippen molar-refractivity contribution in [3.8, 4) is 0 Å². The molecule has 1 N–H and O–H groups in total. The predicted molar refractivity (Wildman–Crippen MR) is 66.6 cm³/mol. The standard InChI is InChI=1S/C13H20N2O4/c1-2-18-13(8-4-3-5-9-13)12-14-10(19-15-12)6-7-11(16)17/h2-9H2,1H3,(H,16,17). The summed E-state index contributed by atoms with van der Waals surface area (Å²) in [5.74, 6) is 0.0911. The molecule has 0 atom stereocenters. The summed E-state index contributed by atoms with van der Waals surface area (Å²) in [5, 5.41) is 12.7. The van der Waals surface area contributed by atoms with Crippen LogP contribution in [0.4, 0.5) is 0 Å². The van der Waals surface area contributed by atoms with E-state index >= 15 is 0 Å². The lowest BCUT2D eigenvalue weighted by atomic mass is 9.84. The highest BCUT2D eigenvalue weighted by atomic mass is 16.5. The molecule has 0 aliphatic heterocycles. The van der Waals surface area contributed by atoms with E-state index in [9.17, 15) is 4.79 Å². The highest BCUT2D eigenvalue weighted by Gasteiger charge is 2.39. The van der Waals surface area contributed by atoms with E-state index in [0.717, 1.165) is 25.7 Å². The molecule has 1 aromatic rings. The zero-order valence-electron chi connectivity index (χ0n) is 11.2. The highest BCUT2D eigenvalue weighted by Crippen LogP contribution is 2.39. The number of aliphatic carboxylic acids is 1. The molecule has 19 heavy (non-hydrogen) atoms. The summed E-state index contributed by atoms with van der Waals surface area (Å²) >= 11 is 0. The van der Waals surface area contributed by atoms with E-state index in [1.54, 1.807) is 0 Å². The predicted octanol–water partition coefficient (Wildman–Crippen LogP) is 2.28. The Morgan fingerprint density at radius 3 is 2.79 bits per heavy atom. The van der Waals surface area contributed by atoms with Crippen molar-refractivity contribution >= 4 is 5.97 Å². The molecule has 0 amide bonds. The van der Waals surface area contributed by atoms with E-state index < -0.39 is 11.6 Å². The van der Waals surface area contributed by atoms with Crippen LogP contribution < -0.4 is 0 Å². The molecular formula is C13H20N2O4. The first-order chi connectivity index (χ1) is 9.16. The van der Waals surface area contributed by atoms with Gasteiger partial charge in [0.2, 0.25) is 11.7 Å². The van der Waals surface area contributed by atoms with Crippen molar-refractivity contribution in [1.82, 2.24) is 10.1 Å². The van der Waals surface area contributed by atoms with Crippen molar-refractivity contribution in [3.05, 3.63) is 11.7 Å². The molecule has 106 valence electrons. The highest BCUT2D eigenvalue weighted by molar-refractivity contribution is 5.66. The second kappa shape index (κ2) is 6.14. The largest absolute Gasteiger partial charge is 0.481 e. The van der Waals surface area contributed by atoms with E-state index in [0.29, 0.717) is 18.3 Å². The maximum Gasteiger partial charge on any atom is 0.303 e. The van der Waals surface area contributed by atoms with Gasteiger partial charge in [-0.3, -0.25) is 4.79 Å². The zero-order valence-corrected chi connectivity index (χ0v) is 11.2. The van der Waals surface area contributed by atoms with Gasteiger partial charge >= 0.3 is 5.97 Å². The Balaban J connectivity index is 2.11. The third-order valence-corrected chi connectivity index (χ3v) is 3.51. The normalized spacial score (nSPS) is 18.4. The lowest BCUT2D eigenvalue weighted by Crippen LogP contribution is -2.33. The molecule has 0 aromatic carbocycles. The van der Waals surface area contributed by atoms with E-state index in [-0.39, 0.29) is 12.8 Å². The number of aryl methyl sites for hydroxylation is 1. The molecular weight excluding hydrogens is 248 g/mol. The van der Waals surface area contributed by atoms with Gasteiger partial charge in [0, 0.05) is 13.0 Å². The van der Waals surface area contributed by atoms with Crippen LogP contribution in [-0.4, -0.2) is 27.8 Å². The molecule has 0 unspecified atom stereocenters. The molecule has 1 aliphatic carbocycles. The third kappa shape index (κ3) is 3.32. The Hall–Kier alpha value is -1.43. The van der Waals surface area contributed by atoms with Gasteiger partial charge < -0.3 is 14.4 Å². The van der Waals surface area contributed by atoms with Gasteiger partial charge in [0.25, 0.3) is 0 Å².